The summed E-state index contributed by atoms with van der Waals surface area (Å²) in [6.07, 6.45) is -2.53. The van der Waals surface area contributed by atoms with E-state index < -0.39 is 17.8 Å². The average Bonchev–Trinajstić information content (AvgIpc) is 3.41. The normalized spacial score (nSPS) is 12.0. The van der Waals surface area contributed by atoms with Crippen molar-refractivity contribution in [3.8, 4) is 16.4 Å². The SMILES string of the molecule is CCC=NNC(=O)c1csc(-n2nc(-c3ccc4ccccc4c3)cc2C(F)(F)F)n1. The monoisotopic (exact) mass is 443 g/mol. The van der Waals surface area contributed by atoms with E-state index in [-0.39, 0.29) is 16.5 Å². The Morgan fingerprint density at radius 2 is 1.97 bits per heavy atom. The van der Waals surface area contributed by atoms with Crippen LogP contribution in [0.15, 0.2) is 59.0 Å². The van der Waals surface area contributed by atoms with Gasteiger partial charge >= 0.3 is 6.18 Å². The molecule has 0 saturated heterocycles. The molecule has 0 radical (unpaired) electrons. The highest BCUT2D eigenvalue weighted by atomic mass is 32.1. The van der Waals surface area contributed by atoms with Crippen molar-refractivity contribution in [2.45, 2.75) is 19.5 Å². The Balaban J connectivity index is 1.73. The molecule has 1 amide bonds. The van der Waals surface area contributed by atoms with Crippen LogP contribution in [0.1, 0.15) is 29.5 Å². The third kappa shape index (κ3) is 4.33. The van der Waals surface area contributed by atoms with Gasteiger partial charge in [0.05, 0.1) is 5.69 Å². The van der Waals surface area contributed by atoms with Gasteiger partial charge in [-0.2, -0.15) is 23.4 Å². The minimum atomic E-state index is -4.65. The van der Waals surface area contributed by atoms with E-state index in [1.807, 2.05) is 37.3 Å². The lowest BCUT2D eigenvalue weighted by atomic mass is 10.1. The third-order valence-corrected chi connectivity index (χ3v) is 5.21. The molecule has 31 heavy (non-hydrogen) atoms. The number of benzene rings is 2. The van der Waals surface area contributed by atoms with E-state index in [0.717, 1.165) is 32.9 Å². The maximum Gasteiger partial charge on any atom is 0.433 e. The number of fused-ring (bicyclic) bond motifs is 1. The predicted molar refractivity (Wildman–Crippen MR) is 113 cm³/mol. The Morgan fingerprint density at radius 1 is 1.19 bits per heavy atom. The van der Waals surface area contributed by atoms with Crippen LogP contribution in [-0.2, 0) is 6.18 Å². The molecule has 0 fully saturated rings. The lowest BCUT2D eigenvalue weighted by Crippen LogP contribution is -2.18. The molecule has 0 saturated carbocycles. The van der Waals surface area contributed by atoms with Crippen molar-refractivity contribution in [1.82, 2.24) is 20.2 Å². The highest BCUT2D eigenvalue weighted by molar-refractivity contribution is 7.12. The molecule has 0 bridgehead atoms. The van der Waals surface area contributed by atoms with Gasteiger partial charge in [0.1, 0.15) is 5.69 Å². The van der Waals surface area contributed by atoms with Gasteiger partial charge in [-0.3, -0.25) is 4.79 Å². The van der Waals surface area contributed by atoms with Crippen molar-refractivity contribution in [1.29, 1.82) is 0 Å². The van der Waals surface area contributed by atoms with Gasteiger partial charge in [0, 0.05) is 17.2 Å². The van der Waals surface area contributed by atoms with Crippen LogP contribution in [0.2, 0.25) is 0 Å². The van der Waals surface area contributed by atoms with Crippen LogP contribution in [-0.4, -0.2) is 26.9 Å². The molecular formula is C21H16F3N5OS. The van der Waals surface area contributed by atoms with Crippen LogP contribution < -0.4 is 5.43 Å². The topological polar surface area (TPSA) is 72.2 Å². The molecule has 6 nitrogen and oxygen atoms in total. The van der Waals surface area contributed by atoms with Gasteiger partial charge in [0.2, 0.25) is 5.13 Å². The van der Waals surface area contributed by atoms with Crippen LogP contribution in [0.25, 0.3) is 27.2 Å². The molecule has 0 aliphatic rings. The van der Waals surface area contributed by atoms with Crippen LogP contribution in [0.4, 0.5) is 13.2 Å². The first-order valence-electron chi connectivity index (χ1n) is 9.31. The third-order valence-electron chi connectivity index (χ3n) is 4.39. The van der Waals surface area contributed by atoms with Gasteiger partial charge in [0.15, 0.2) is 5.69 Å². The summed E-state index contributed by atoms with van der Waals surface area (Å²) in [7, 11) is 0. The lowest BCUT2D eigenvalue weighted by molar-refractivity contribution is -0.142. The molecule has 1 N–H and O–H groups in total. The number of thiazole rings is 1. The smallest absolute Gasteiger partial charge is 0.266 e. The number of alkyl halides is 3. The standard InChI is InChI=1S/C21H16F3N5OS/c1-2-9-25-27-19(30)17-12-31-20(26-17)29-18(21(22,23)24)11-16(28-29)15-8-7-13-5-3-4-6-14(13)10-15/h3-12H,2H2,1H3,(H,27,30). The summed E-state index contributed by atoms with van der Waals surface area (Å²) in [4.78, 5) is 16.1. The summed E-state index contributed by atoms with van der Waals surface area (Å²) in [6.45, 7) is 1.85. The van der Waals surface area contributed by atoms with E-state index >= 15 is 0 Å². The second kappa shape index (κ2) is 8.31. The van der Waals surface area contributed by atoms with E-state index in [0.29, 0.717) is 12.0 Å². The van der Waals surface area contributed by atoms with E-state index in [4.69, 9.17) is 0 Å². The molecule has 0 aliphatic carbocycles. The fourth-order valence-corrected chi connectivity index (χ4v) is 3.70. The first-order valence-corrected chi connectivity index (χ1v) is 10.2. The zero-order chi connectivity index (χ0) is 22.0. The number of nitrogens with zero attached hydrogens (tertiary/aromatic N) is 4. The lowest BCUT2D eigenvalue weighted by Gasteiger charge is -2.06. The summed E-state index contributed by atoms with van der Waals surface area (Å²) >= 11 is 0.888. The van der Waals surface area contributed by atoms with Crippen molar-refractivity contribution in [2.75, 3.05) is 0 Å². The van der Waals surface area contributed by atoms with Gasteiger partial charge in [-0.25, -0.2) is 15.1 Å². The molecule has 0 aliphatic heterocycles. The number of hydrogen-bond acceptors (Lipinski definition) is 5. The molecule has 4 rings (SSSR count). The molecule has 0 unspecified atom stereocenters. The Kier molecular flexibility index (Phi) is 5.55. The van der Waals surface area contributed by atoms with Gasteiger partial charge in [-0.05, 0) is 29.3 Å². The Hall–Kier alpha value is -3.53. The summed E-state index contributed by atoms with van der Waals surface area (Å²) in [5.74, 6) is -0.609. The number of carbonyl (C=O) groups excluding carboxylic acids is 1. The van der Waals surface area contributed by atoms with E-state index in [9.17, 15) is 18.0 Å². The zero-order valence-corrected chi connectivity index (χ0v) is 17.0. The maximum absolute atomic E-state index is 13.7. The van der Waals surface area contributed by atoms with Crippen LogP contribution in [0.3, 0.4) is 0 Å². The number of rotatable bonds is 5. The first kappa shape index (κ1) is 20.7. The van der Waals surface area contributed by atoms with Crippen LogP contribution in [0, 0.1) is 0 Å². The van der Waals surface area contributed by atoms with Crippen molar-refractivity contribution < 1.29 is 18.0 Å². The molecule has 2 aromatic carbocycles. The van der Waals surface area contributed by atoms with Crippen LogP contribution >= 0.6 is 11.3 Å². The van der Waals surface area contributed by atoms with Gasteiger partial charge < -0.3 is 0 Å². The van der Waals surface area contributed by atoms with Crippen molar-refractivity contribution in [3.63, 3.8) is 0 Å². The second-order valence-corrected chi connectivity index (χ2v) is 7.40. The molecule has 158 valence electrons. The van der Waals surface area contributed by atoms with Crippen molar-refractivity contribution >= 4 is 34.2 Å². The zero-order valence-electron chi connectivity index (χ0n) is 16.2. The Labute approximate surface area is 179 Å². The number of amides is 1. The number of nitrogens with one attached hydrogen (secondary N) is 1. The molecule has 0 atom stereocenters. The molecule has 10 heteroatoms. The highest BCUT2D eigenvalue weighted by Crippen LogP contribution is 2.35. The van der Waals surface area contributed by atoms with Gasteiger partial charge in [-0.15, -0.1) is 11.3 Å². The minimum absolute atomic E-state index is 0.0378. The Morgan fingerprint density at radius 3 is 2.71 bits per heavy atom. The molecule has 2 aromatic heterocycles. The van der Waals surface area contributed by atoms with Gasteiger partial charge in [-0.1, -0.05) is 43.3 Å². The quantitative estimate of drug-likeness (QED) is 0.336. The number of hydrazone groups is 1. The van der Waals surface area contributed by atoms with Crippen LogP contribution in [0.5, 0.6) is 0 Å². The summed E-state index contributed by atoms with van der Waals surface area (Å²) in [5, 5.41) is 11.0. The largest absolute Gasteiger partial charge is 0.433 e. The summed E-state index contributed by atoms with van der Waals surface area (Å²) in [6, 6.07) is 13.9. The van der Waals surface area contributed by atoms with Crippen molar-refractivity contribution in [3.05, 3.63) is 65.3 Å². The number of carbonyl (C=O) groups is 1. The summed E-state index contributed by atoms with van der Waals surface area (Å²) < 4.78 is 41.8. The summed E-state index contributed by atoms with van der Waals surface area (Å²) in [5.41, 5.74) is 1.98. The fourth-order valence-electron chi connectivity index (χ4n) is 2.94. The number of halogens is 3. The second-order valence-electron chi connectivity index (χ2n) is 6.56. The van der Waals surface area contributed by atoms with E-state index in [1.54, 1.807) is 12.1 Å². The molecule has 4 aromatic rings. The molecular weight excluding hydrogens is 427 g/mol. The molecule has 2 heterocycles. The molecule has 0 spiro atoms. The Bertz CT molecular complexity index is 1280. The van der Waals surface area contributed by atoms with Gasteiger partial charge in [0.25, 0.3) is 5.91 Å². The van der Waals surface area contributed by atoms with E-state index in [1.165, 1.54) is 11.6 Å². The highest BCUT2D eigenvalue weighted by Gasteiger charge is 2.37. The minimum Gasteiger partial charge on any atom is -0.266 e. The predicted octanol–water partition coefficient (Wildman–Crippen LogP) is 5.29. The number of hydrogen-bond donors (Lipinski definition) is 1. The first-order chi connectivity index (χ1) is 14.9. The fraction of sp³-hybridized carbons (Fsp3) is 0.143. The maximum atomic E-state index is 13.7. The van der Waals surface area contributed by atoms with E-state index in [2.05, 4.69) is 20.6 Å². The average molecular weight is 443 g/mol. The number of aromatic nitrogens is 3. The van der Waals surface area contributed by atoms with Crippen molar-refractivity contribution in [2.24, 2.45) is 5.10 Å².